The van der Waals surface area contributed by atoms with E-state index in [1.54, 1.807) is 24.3 Å². The zero-order chi connectivity index (χ0) is 23.2. The number of rotatable bonds is 2. The molecule has 2 saturated carbocycles. The van der Waals surface area contributed by atoms with Gasteiger partial charge in [-0.3, -0.25) is 19.2 Å². The van der Waals surface area contributed by atoms with Crippen molar-refractivity contribution in [3.8, 4) is 0 Å². The van der Waals surface area contributed by atoms with E-state index in [2.05, 4.69) is 0 Å². The molecule has 0 aromatic rings. The average Bonchev–Trinajstić information content (AvgIpc) is 3.41. The molecule has 176 valence electrons. The van der Waals surface area contributed by atoms with Gasteiger partial charge in [0.1, 0.15) is 10.8 Å². The van der Waals surface area contributed by atoms with Crippen LogP contribution in [0.4, 0.5) is 0 Å². The summed E-state index contributed by atoms with van der Waals surface area (Å²) in [5.74, 6) is -2.90. The van der Waals surface area contributed by atoms with Gasteiger partial charge in [-0.1, -0.05) is 62.8 Å². The van der Waals surface area contributed by atoms with E-state index in [-0.39, 0.29) is 30.6 Å². The van der Waals surface area contributed by atoms with E-state index in [4.69, 9.17) is 19.7 Å². The van der Waals surface area contributed by atoms with E-state index in [1.165, 1.54) is 38.5 Å². The van der Waals surface area contributed by atoms with Crippen LogP contribution >= 0.6 is 0 Å². The number of hydrogen-bond acceptors (Lipinski definition) is 6. The SMILES string of the molecule is C1CCCCC1.O=C(O)C1CCC(C(=O)O)CC1.O=C1OCOC(=O)C23C=CC1(C=C2)C3. The lowest BCUT2D eigenvalue weighted by atomic mass is 9.82. The van der Waals surface area contributed by atoms with Gasteiger partial charge in [0.05, 0.1) is 11.8 Å². The number of carboxylic acids is 2. The highest BCUT2D eigenvalue weighted by molar-refractivity contribution is 5.92. The van der Waals surface area contributed by atoms with Crippen molar-refractivity contribution in [2.45, 2.75) is 70.6 Å². The quantitative estimate of drug-likeness (QED) is 0.482. The first-order valence-corrected chi connectivity index (χ1v) is 11.5. The molecule has 0 radical (unpaired) electrons. The lowest BCUT2D eigenvalue weighted by Crippen LogP contribution is -2.34. The summed E-state index contributed by atoms with van der Waals surface area (Å²) >= 11 is 0. The van der Waals surface area contributed by atoms with Crippen molar-refractivity contribution in [3.05, 3.63) is 24.3 Å². The maximum absolute atomic E-state index is 11.6. The molecule has 1 aliphatic heterocycles. The first-order valence-electron chi connectivity index (χ1n) is 11.5. The molecule has 1 saturated heterocycles. The predicted octanol–water partition coefficient (Wildman–Crippen LogP) is 3.85. The molecule has 0 spiro atoms. The van der Waals surface area contributed by atoms with Crippen LogP contribution in [0.15, 0.2) is 24.3 Å². The Morgan fingerprint density at radius 3 is 1.28 bits per heavy atom. The maximum Gasteiger partial charge on any atom is 0.322 e. The lowest BCUT2D eigenvalue weighted by molar-refractivity contribution is -0.179. The summed E-state index contributed by atoms with van der Waals surface area (Å²) in [5.41, 5.74) is -1.42. The minimum absolute atomic E-state index is 0.273. The van der Waals surface area contributed by atoms with Gasteiger partial charge in [-0.15, -0.1) is 0 Å². The Kier molecular flexibility index (Phi) is 7.74. The van der Waals surface area contributed by atoms with Crippen molar-refractivity contribution in [2.75, 3.05) is 6.79 Å². The molecule has 5 rings (SSSR count). The van der Waals surface area contributed by atoms with Crippen molar-refractivity contribution in [1.29, 1.82) is 0 Å². The van der Waals surface area contributed by atoms with E-state index in [0.717, 1.165) is 0 Å². The predicted molar refractivity (Wildman–Crippen MR) is 113 cm³/mol. The van der Waals surface area contributed by atoms with Gasteiger partial charge in [0.2, 0.25) is 6.79 Å². The van der Waals surface area contributed by atoms with Crippen LogP contribution in [0.2, 0.25) is 0 Å². The zero-order valence-electron chi connectivity index (χ0n) is 18.3. The molecule has 5 aliphatic rings. The largest absolute Gasteiger partial charge is 0.481 e. The number of carboxylic acid groups (broad SMARTS) is 2. The molecule has 0 aromatic carbocycles. The van der Waals surface area contributed by atoms with Crippen LogP contribution in [0, 0.1) is 22.7 Å². The average molecular weight is 449 g/mol. The summed E-state index contributed by atoms with van der Waals surface area (Å²) in [5, 5.41) is 17.2. The summed E-state index contributed by atoms with van der Waals surface area (Å²) in [4.78, 5) is 44.2. The number of esters is 2. The fourth-order valence-electron chi connectivity index (χ4n) is 4.90. The van der Waals surface area contributed by atoms with E-state index in [9.17, 15) is 19.2 Å². The number of hydrogen-bond donors (Lipinski definition) is 2. The van der Waals surface area contributed by atoms with Gasteiger partial charge < -0.3 is 19.7 Å². The number of aliphatic carboxylic acids is 2. The summed E-state index contributed by atoms with van der Waals surface area (Å²) in [7, 11) is 0. The van der Waals surface area contributed by atoms with E-state index in [0.29, 0.717) is 32.1 Å². The molecule has 2 bridgehead atoms. The Morgan fingerprint density at radius 1 is 0.688 bits per heavy atom. The van der Waals surface area contributed by atoms with Crippen molar-refractivity contribution in [1.82, 2.24) is 0 Å². The maximum atomic E-state index is 11.6. The Balaban J connectivity index is 0.000000146. The van der Waals surface area contributed by atoms with Gasteiger partial charge in [-0.25, -0.2) is 0 Å². The summed E-state index contributed by atoms with van der Waals surface area (Å²) in [6, 6.07) is 0. The highest BCUT2D eigenvalue weighted by Crippen LogP contribution is 2.53. The second kappa shape index (κ2) is 10.3. The van der Waals surface area contributed by atoms with Crippen LogP contribution in [0.3, 0.4) is 0 Å². The molecule has 8 nitrogen and oxygen atoms in total. The van der Waals surface area contributed by atoms with Gasteiger partial charge in [-0.05, 0) is 32.1 Å². The highest BCUT2D eigenvalue weighted by atomic mass is 16.7. The summed E-state index contributed by atoms with van der Waals surface area (Å²) in [6.07, 6.45) is 18.4. The van der Waals surface area contributed by atoms with E-state index >= 15 is 0 Å². The van der Waals surface area contributed by atoms with Crippen molar-refractivity contribution >= 4 is 23.9 Å². The van der Waals surface area contributed by atoms with E-state index in [1.807, 2.05) is 0 Å². The van der Waals surface area contributed by atoms with Crippen LogP contribution in [-0.4, -0.2) is 40.9 Å². The monoisotopic (exact) mass is 448 g/mol. The third-order valence-corrected chi connectivity index (χ3v) is 7.01. The topological polar surface area (TPSA) is 127 Å². The molecule has 8 heteroatoms. The van der Waals surface area contributed by atoms with Gasteiger partial charge >= 0.3 is 23.9 Å². The van der Waals surface area contributed by atoms with Gasteiger partial charge in [0.25, 0.3) is 0 Å². The molecule has 0 amide bonds. The Labute approximate surface area is 187 Å². The second-order valence-corrected chi connectivity index (χ2v) is 9.25. The number of cyclic esters (lactones) is 2. The smallest absolute Gasteiger partial charge is 0.322 e. The van der Waals surface area contributed by atoms with Gasteiger partial charge in [-0.2, -0.15) is 0 Å². The number of carbonyl (C=O) groups is 4. The first kappa shape index (κ1) is 24.0. The summed E-state index contributed by atoms with van der Waals surface area (Å²) in [6.45, 7) is -0.273. The number of ether oxygens (including phenoxy) is 2. The summed E-state index contributed by atoms with van der Waals surface area (Å²) < 4.78 is 9.63. The normalized spacial score (nSPS) is 34.5. The molecule has 2 N–H and O–H groups in total. The molecule has 4 aliphatic carbocycles. The van der Waals surface area contributed by atoms with E-state index < -0.39 is 22.8 Å². The Bertz CT molecular complexity index is 702. The van der Waals surface area contributed by atoms with Gasteiger partial charge in [0, 0.05) is 0 Å². The number of carbonyl (C=O) groups excluding carboxylic acids is 2. The third-order valence-electron chi connectivity index (χ3n) is 7.01. The Morgan fingerprint density at radius 2 is 1.00 bits per heavy atom. The van der Waals surface area contributed by atoms with Crippen LogP contribution in [0.1, 0.15) is 70.6 Å². The molecule has 0 aromatic heterocycles. The lowest BCUT2D eigenvalue weighted by Gasteiger charge is -2.24. The molecule has 0 atom stereocenters. The van der Waals surface area contributed by atoms with Crippen molar-refractivity contribution in [2.24, 2.45) is 22.7 Å². The first-order chi connectivity index (χ1) is 15.3. The van der Waals surface area contributed by atoms with Crippen LogP contribution in [-0.2, 0) is 28.7 Å². The minimum atomic E-state index is -0.793. The fraction of sp³-hybridized carbons (Fsp3) is 0.667. The van der Waals surface area contributed by atoms with Crippen molar-refractivity contribution in [3.63, 3.8) is 0 Å². The third kappa shape index (κ3) is 5.40. The van der Waals surface area contributed by atoms with Crippen LogP contribution < -0.4 is 0 Å². The van der Waals surface area contributed by atoms with Crippen LogP contribution in [0.25, 0.3) is 0 Å². The van der Waals surface area contributed by atoms with Crippen LogP contribution in [0.5, 0.6) is 0 Å². The molecule has 3 fully saturated rings. The molecule has 1 heterocycles. The fourth-order valence-corrected chi connectivity index (χ4v) is 4.90. The molecule has 32 heavy (non-hydrogen) atoms. The molecular weight excluding hydrogens is 416 g/mol. The second-order valence-electron chi connectivity index (χ2n) is 9.25. The van der Waals surface area contributed by atoms with Crippen molar-refractivity contribution < 1.29 is 38.9 Å². The zero-order valence-corrected chi connectivity index (χ0v) is 18.3. The minimum Gasteiger partial charge on any atom is -0.481 e. The standard InChI is InChI=1S/C10H8O4.C8H12O4.C6H12/c11-7-9-1-2-10(5-9,4-3-9)8(12)14-6-13-7;9-7(10)5-1-2-6(4-3-5)8(11)12;1-2-4-6-5-3-1/h1-4H,5-6H2;5-6H,1-4H2,(H,9,10)(H,11,12);1-6H2. The molecule has 0 unspecified atom stereocenters. The molecular formula is C24H32O8. The highest BCUT2D eigenvalue weighted by Gasteiger charge is 2.57. The van der Waals surface area contributed by atoms with Gasteiger partial charge in [0.15, 0.2) is 0 Å². The Hall–Kier alpha value is -2.64.